The van der Waals surface area contributed by atoms with E-state index in [4.69, 9.17) is 9.47 Å². The minimum atomic E-state index is -3.89. The number of hydrogen-bond acceptors (Lipinski definition) is 14. The van der Waals surface area contributed by atoms with Gasteiger partial charge in [0, 0.05) is 38.4 Å². The Morgan fingerprint density at radius 2 is 1.37 bits per heavy atom. The van der Waals surface area contributed by atoms with Crippen molar-refractivity contribution in [1.29, 1.82) is 0 Å². The summed E-state index contributed by atoms with van der Waals surface area (Å²) in [5, 5.41) is 53.5. The fourth-order valence-electron chi connectivity index (χ4n) is 4.86. The maximum atomic E-state index is 13.6. The highest BCUT2D eigenvalue weighted by Gasteiger charge is 2.27. The van der Waals surface area contributed by atoms with E-state index in [1.165, 1.54) is 58.7 Å². The van der Waals surface area contributed by atoms with E-state index in [0.717, 1.165) is 0 Å². The number of phenols is 2. The van der Waals surface area contributed by atoms with E-state index in [1.807, 2.05) is 0 Å². The number of benzene rings is 2. The number of phenolic OH excluding ortho intramolecular Hbond substituents is 2. The molecule has 0 radical (unpaired) electrons. The molecular weight excluding hydrogens is 654 g/mol. The molecule has 17 nitrogen and oxygen atoms in total. The van der Waals surface area contributed by atoms with Crippen molar-refractivity contribution in [2.75, 3.05) is 40.5 Å². The molecule has 0 saturated carbocycles. The van der Waals surface area contributed by atoms with Crippen LogP contribution in [0, 0.1) is 13.8 Å². The van der Waals surface area contributed by atoms with Crippen molar-refractivity contribution in [1.82, 2.24) is 44.9 Å². The van der Waals surface area contributed by atoms with Crippen molar-refractivity contribution in [3.05, 3.63) is 99.0 Å². The minimum absolute atomic E-state index is 0.0813. The molecule has 0 unspecified atom stereocenters. The van der Waals surface area contributed by atoms with Gasteiger partial charge in [0.15, 0.2) is 11.6 Å². The molecule has 0 aliphatic heterocycles. The predicted molar refractivity (Wildman–Crippen MR) is 179 cm³/mol. The monoisotopic (exact) mass is 689 g/mol. The molecule has 49 heavy (non-hydrogen) atoms. The Labute approximate surface area is 282 Å². The number of aromatic nitrogens is 8. The summed E-state index contributed by atoms with van der Waals surface area (Å²) in [6.45, 7) is 4.14. The van der Waals surface area contributed by atoms with Gasteiger partial charge in [-0.25, -0.2) is 8.42 Å². The quantitative estimate of drug-likeness (QED) is 0.182. The van der Waals surface area contributed by atoms with Crippen molar-refractivity contribution in [3.63, 3.8) is 0 Å². The molecule has 2 N–H and O–H groups in total. The summed E-state index contributed by atoms with van der Waals surface area (Å²) in [5.41, 5.74) is 2.99. The van der Waals surface area contributed by atoms with Crippen LogP contribution in [0.5, 0.6) is 11.5 Å². The predicted octanol–water partition coefficient (Wildman–Crippen LogP) is 2.02. The molecule has 2 aromatic carbocycles. The normalized spacial score (nSPS) is 13.7. The van der Waals surface area contributed by atoms with Crippen LogP contribution >= 0.6 is 0 Å². The van der Waals surface area contributed by atoms with Crippen LogP contribution in [0.15, 0.2) is 75.3 Å². The second-order valence-electron chi connectivity index (χ2n) is 10.7. The third-order valence-electron chi connectivity index (χ3n) is 7.44. The second-order valence-corrected chi connectivity index (χ2v) is 12.6. The Morgan fingerprint density at radius 1 is 0.857 bits per heavy atom. The Kier molecular flexibility index (Phi) is 11.1. The summed E-state index contributed by atoms with van der Waals surface area (Å²) in [6, 6.07) is 9.75. The number of allylic oxidation sites excluding steroid dienone is 4. The van der Waals surface area contributed by atoms with Gasteiger partial charge in [0.1, 0.15) is 11.5 Å². The van der Waals surface area contributed by atoms with Crippen molar-refractivity contribution >= 4 is 28.0 Å². The van der Waals surface area contributed by atoms with Crippen LogP contribution in [0.1, 0.15) is 40.3 Å². The van der Waals surface area contributed by atoms with Gasteiger partial charge < -0.3 is 19.7 Å². The van der Waals surface area contributed by atoms with Crippen LogP contribution in [0.25, 0.3) is 5.57 Å². The van der Waals surface area contributed by atoms with Crippen LogP contribution < -0.4 is 0 Å². The molecule has 256 valence electrons. The molecule has 1 aliphatic rings. The zero-order valence-corrected chi connectivity index (χ0v) is 28.1. The lowest BCUT2D eigenvalue weighted by atomic mass is 9.87. The van der Waals surface area contributed by atoms with Crippen LogP contribution in [0.3, 0.4) is 0 Å². The van der Waals surface area contributed by atoms with Crippen molar-refractivity contribution in [3.8, 4) is 11.5 Å². The number of rotatable bonds is 14. The lowest BCUT2D eigenvalue weighted by Gasteiger charge is -2.24. The zero-order valence-electron chi connectivity index (χ0n) is 27.2. The SMILES string of the molecule is COCCN(CCOC)S(=O)(=O)C1=CCC(=C(c2cc(C=Nn3nnnc3C)ccc2O)c2cc(C=Nn3nnnc3C)ccc2O)C=C1. The number of methoxy groups -OCH3 is 2. The number of aryl methyl sites for hydroxylation is 2. The van der Waals surface area contributed by atoms with Gasteiger partial charge in [0.05, 0.1) is 30.5 Å². The van der Waals surface area contributed by atoms with E-state index < -0.39 is 10.0 Å². The fourth-order valence-corrected chi connectivity index (χ4v) is 6.33. The topological polar surface area (TPSA) is 208 Å². The molecule has 2 aromatic heterocycles. The average molecular weight is 690 g/mol. The van der Waals surface area contributed by atoms with Crippen molar-refractivity contribution in [2.45, 2.75) is 20.3 Å². The van der Waals surface area contributed by atoms with Gasteiger partial charge in [-0.3, -0.25) is 0 Å². The molecule has 0 bridgehead atoms. The van der Waals surface area contributed by atoms with E-state index in [9.17, 15) is 18.6 Å². The number of aromatic hydroxyl groups is 2. The Bertz CT molecular complexity index is 1950. The summed E-state index contributed by atoms with van der Waals surface area (Å²) in [7, 11) is -0.876. The average Bonchev–Trinajstić information content (AvgIpc) is 3.71. The lowest BCUT2D eigenvalue weighted by Crippen LogP contribution is -2.37. The first-order valence-electron chi connectivity index (χ1n) is 15.0. The first-order valence-corrected chi connectivity index (χ1v) is 16.4. The molecule has 5 rings (SSSR count). The van der Waals surface area contributed by atoms with Crippen LogP contribution in [-0.4, -0.2) is 117 Å². The van der Waals surface area contributed by atoms with E-state index in [1.54, 1.807) is 50.3 Å². The standard InChI is InChI=1S/C31H35N11O6S/c1-21-34-36-38-41(21)32-19-23-5-11-29(43)27(17-23)31(28-18-24(6-12-30(28)44)20-33-42-22(2)35-37-39-42)25-7-9-26(10-8-25)49(45,46)40(13-15-47-3)14-16-48-4/h5-7,9-12,17-20,43-44H,8,13-16H2,1-4H3. The largest absolute Gasteiger partial charge is 0.507 e. The van der Waals surface area contributed by atoms with Crippen LogP contribution in [0.4, 0.5) is 0 Å². The van der Waals surface area contributed by atoms with Gasteiger partial charge in [-0.2, -0.15) is 14.5 Å². The fraction of sp³-hybridized carbons (Fsp3) is 0.290. The third kappa shape index (κ3) is 8.18. The summed E-state index contributed by atoms with van der Waals surface area (Å²) >= 11 is 0. The number of ether oxygens (including phenoxy) is 2. The molecular formula is C31H35N11O6S. The molecule has 0 saturated heterocycles. The first kappa shape index (κ1) is 34.9. The molecule has 0 atom stereocenters. The maximum absolute atomic E-state index is 13.6. The Hall–Kier alpha value is -5.43. The second kappa shape index (κ2) is 15.6. The van der Waals surface area contributed by atoms with Crippen molar-refractivity contribution in [2.24, 2.45) is 10.2 Å². The maximum Gasteiger partial charge on any atom is 0.242 e. The smallest absolute Gasteiger partial charge is 0.242 e. The molecule has 0 fully saturated rings. The van der Waals surface area contributed by atoms with Gasteiger partial charge in [0.25, 0.3) is 0 Å². The summed E-state index contributed by atoms with van der Waals surface area (Å²) in [4.78, 5) is 2.62. The molecule has 18 heteroatoms. The Morgan fingerprint density at radius 3 is 1.78 bits per heavy atom. The number of tetrazole rings is 2. The Balaban J connectivity index is 1.60. The highest BCUT2D eigenvalue weighted by molar-refractivity contribution is 7.93. The van der Waals surface area contributed by atoms with E-state index in [2.05, 4.69) is 41.3 Å². The van der Waals surface area contributed by atoms with E-state index in [0.29, 0.717) is 45.0 Å². The van der Waals surface area contributed by atoms with E-state index >= 15 is 0 Å². The number of nitrogens with zero attached hydrogens (tertiary/aromatic N) is 11. The first-order chi connectivity index (χ1) is 23.6. The van der Waals surface area contributed by atoms with Crippen LogP contribution in [0.2, 0.25) is 0 Å². The van der Waals surface area contributed by atoms with Crippen LogP contribution in [-0.2, 0) is 19.5 Å². The summed E-state index contributed by atoms with van der Waals surface area (Å²) in [5.74, 6) is 0.793. The zero-order chi connectivity index (χ0) is 35.0. The van der Waals surface area contributed by atoms with Crippen molar-refractivity contribution < 1.29 is 28.1 Å². The van der Waals surface area contributed by atoms with E-state index in [-0.39, 0.29) is 49.1 Å². The molecule has 0 amide bonds. The molecule has 1 aliphatic carbocycles. The number of hydrogen-bond donors (Lipinski definition) is 2. The number of sulfonamides is 1. The lowest BCUT2D eigenvalue weighted by molar-refractivity contribution is 0.151. The van der Waals surface area contributed by atoms with Gasteiger partial charge in [0.2, 0.25) is 10.0 Å². The minimum Gasteiger partial charge on any atom is -0.507 e. The molecule has 2 heterocycles. The molecule has 0 spiro atoms. The highest BCUT2D eigenvalue weighted by atomic mass is 32.2. The van der Waals surface area contributed by atoms with Gasteiger partial charge in [-0.15, -0.1) is 19.8 Å². The van der Waals surface area contributed by atoms with Gasteiger partial charge in [-0.1, -0.05) is 12.2 Å². The third-order valence-corrected chi connectivity index (χ3v) is 9.38. The van der Waals surface area contributed by atoms with Gasteiger partial charge in [-0.05, 0) is 106 Å². The molecule has 4 aromatic rings. The van der Waals surface area contributed by atoms with Gasteiger partial charge >= 0.3 is 0 Å². The highest BCUT2D eigenvalue weighted by Crippen LogP contribution is 2.40. The summed E-state index contributed by atoms with van der Waals surface area (Å²) in [6.07, 6.45) is 7.99. The summed E-state index contributed by atoms with van der Waals surface area (Å²) < 4.78 is 38.8.